The number of hydrogen-bond donors (Lipinski definition) is 3. The van der Waals surface area contributed by atoms with Crippen LogP contribution in [-0.4, -0.2) is 39.8 Å². The van der Waals surface area contributed by atoms with E-state index in [-0.39, 0.29) is 4.90 Å². The van der Waals surface area contributed by atoms with E-state index in [0.29, 0.717) is 36.5 Å². The number of nitrogens with one attached hydrogen (secondary N) is 3. The fourth-order valence-corrected chi connectivity index (χ4v) is 4.47. The van der Waals surface area contributed by atoms with Gasteiger partial charge in [0, 0.05) is 12.2 Å². The number of aromatic amines is 1. The molecule has 2 aromatic rings. The first-order chi connectivity index (χ1) is 11.6. The Balaban J connectivity index is 1.87. The van der Waals surface area contributed by atoms with Crippen molar-refractivity contribution in [2.45, 2.75) is 31.6 Å². The quantitative estimate of drug-likeness (QED) is 0.591. The van der Waals surface area contributed by atoms with Crippen molar-refractivity contribution in [2.24, 2.45) is 0 Å². The summed E-state index contributed by atoms with van der Waals surface area (Å²) >= 11 is 0. The summed E-state index contributed by atoms with van der Waals surface area (Å²) in [6.07, 6.45) is 2.38. The van der Waals surface area contributed by atoms with E-state index >= 15 is 0 Å². The number of H-pyrrole nitrogens is 1. The topological polar surface area (TPSA) is 121 Å². The highest BCUT2D eigenvalue weighted by molar-refractivity contribution is 7.92. The molecule has 0 atom stereocenters. The Morgan fingerprint density at radius 1 is 1.08 bits per heavy atom. The van der Waals surface area contributed by atoms with Crippen LogP contribution in [0.25, 0.3) is 0 Å². The van der Waals surface area contributed by atoms with Crippen LogP contribution in [-0.2, 0) is 26.5 Å². The van der Waals surface area contributed by atoms with Crippen LogP contribution in [0, 0.1) is 13.8 Å². The van der Waals surface area contributed by atoms with E-state index in [1.807, 2.05) is 12.1 Å². The van der Waals surface area contributed by atoms with Gasteiger partial charge in [-0.05, 0) is 44.4 Å². The molecule has 0 radical (unpaired) electrons. The second kappa shape index (κ2) is 7.54. The Morgan fingerprint density at radius 2 is 1.72 bits per heavy atom. The molecular formula is C15H22N4O4S2. The molecule has 138 valence electrons. The summed E-state index contributed by atoms with van der Waals surface area (Å²) in [6, 6.07) is 6.98. The molecule has 2 rings (SSSR count). The lowest BCUT2D eigenvalue weighted by molar-refractivity contribution is 0.577. The van der Waals surface area contributed by atoms with Gasteiger partial charge in [-0.1, -0.05) is 12.1 Å². The number of aryl methyl sites for hydroxylation is 3. The lowest BCUT2D eigenvalue weighted by Crippen LogP contribution is -2.26. The van der Waals surface area contributed by atoms with Crippen LogP contribution in [0.4, 0.5) is 5.69 Å². The molecule has 0 bridgehead atoms. The van der Waals surface area contributed by atoms with Gasteiger partial charge in [0.15, 0.2) is 0 Å². The van der Waals surface area contributed by atoms with Crippen molar-refractivity contribution in [1.29, 1.82) is 0 Å². The van der Waals surface area contributed by atoms with Crippen LogP contribution < -0.4 is 9.44 Å². The average molecular weight is 386 g/mol. The molecule has 0 aliphatic rings. The number of hydrogen-bond acceptors (Lipinski definition) is 5. The zero-order valence-corrected chi connectivity index (χ0v) is 16.0. The van der Waals surface area contributed by atoms with Gasteiger partial charge in [-0.25, -0.2) is 21.6 Å². The van der Waals surface area contributed by atoms with E-state index in [9.17, 15) is 16.8 Å². The van der Waals surface area contributed by atoms with E-state index < -0.39 is 20.0 Å². The Kier molecular flexibility index (Phi) is 5.86. The van der Waals surface area contributed by atoms with Gasteiger partial charge in [0.25, 0.3) is 0 Å². The van der Waals surface area contributed by atoms with Crippen molar-refractivity contribution in [2.75, 3.05) is 17.5 Å². The van der Waals surface area contributed by atoms with E-state index in [4.69, 9.17) is 0 Å². The zero-order valence-electron chi connectivity index (χ0n) is 14.3. The predicted molar refractivity (Wildman–Crippen MR) is 96.5 cm³/mol. The molecule has 1 aromatic carbocycles. The minimum absolute atomic E-state index is 0.198. The van der Waals surface area contributed by atoms with Crippen molar-refractivity contribution in [3.8, 4) is 0 Å². The van der Waals surface area contributed by atoms with Crippen molar-refractivity contribution in [1.82, 2.24) is 14.9 Å². The maximum Gasteiger partial charge on any atom is 0.244 e. The van der Waals surface area contributed by atoms with Crippen LogP contribution in [0.2, 0.25) is 0 Å². The second-order valence-electron chi connectivity index (χ2n) is 5.84. The minimum atomic E-state index is -3.58. The maximum absolute atomic E-state index is 12.3. The summed E-state index contributed by atoms with van der Waals surface area (Å²) < 4.78 is 51.9. The van der Waals surface area contributed by atoms with Crippen LogP contribution in [0.3, 0.4) is 0 Å². The van der Waals surface area contributed by atoms with E-state index in [1.54, 1.807) is 26.0 Å². The SMILES string of the molecule is Cc1n[nH]c(C)c1S(=O)(=O)NCCCc1ccc(NS(C)(=O)=O)cc1. The van der Waals surface area contributed by atoms with Crippen molar-refractivity contribution in [3.05, 3.63) is 41.2 Å². The molecule has 0 amide bonds. The van der Waals surface area contributed by atoms with Gasteiger partial charge in [0.05, 0.1) is 17.6 Å². The Bertz CT molecular complexity index is 913. The summed E-state index contributed by atoms with van der Waals surface area (Å²) in [7, 11) is -6.87. The number of nitrogens with zero attached hydrogens (tertiary/aromatic N) is 1. The van der Waals surface area contributed by atoms with Gasteiger partial charge >= 0.3 is 0 Å². The normalized spacial score (nSPS) is 12.3. The van der Waals surface area contributed by atoms with Crippen molar-refractivity contribution < 1.29 is 16.8 Å². The monoisotopic (exact) mass is 386 g/mol. The molecule has 0 unspecified atom stereocenters. The molecule has 0 aliphatic heterocycles. The fourth-order valence-electron chi connectivity index (χ4n) is 2.46. The molecule has 0 aliphatic carbocycles. The fraction of sp³-hybridized carbons (Fsp3) is 0.400. The summed E-state index contributed by atoms with van der Waals surface area (Å²) in [6.45, 7) is 3.61. The third-order valence-corrected chi connectivity index (χ3v) is 5.85. The van der Waals surface area contributed by atoms with Crippen LogP contribution >= 0.6 is 0 Å². The van der Waals surface area contributed by atoms with Gasteiger partial charge in [-0.15, -0.1) is 0 Å². The highest BCUT2D eigenvalue weighted by Crippen LogP contribution is 2.16. The third kappa shape index (κ3) is 5.55. The van der Waals surface area contributed by atoms with Gasteiger partial charge in [0.1, 0.15) is 4.90 Å². The molecular weight excluding hydrogens is 364 g/mol. The number of anilines is 1. The van der Waals surface area contributed by atoms with Gasteiger partial charge in [-0.3, -0.25) is 9.82 Å². The lowest BCUT2D eigenvalue weighted by Gasteiger charge is -2.08. The highest BCUT2D eigenvalue weighted by Gasteiger charge is 2.21. The highest BCUT2D eigenvalue weighted by atomic mass is 32.2. The first kappa shape index (κ1) is 19.4. The minimum Gasteiger partial charge on any atom is -0.284 e. The Morgan fingerprint density at radius 3 is 2.24 bits per heavy atom. The Hall–Kier alpha value is -1.91. The van der Waals surface area contributed by atoms with Crippen molar-refractivity contribution >= 4 is 25.7 Å². The van der Waals surface area contributed by atoms with Crippen LogP contribution in [0.1, 0.15) is 23.4 Å². The Labute approximate surface area is 148 Å². The zero-order chi connectivity index (χ0) is 18.7. The lowest BCUT2D eigenvalue weighted by atomic mass is 10.1. The average Bonchev–Trinajstić information content (AvgIpc) is 2.83. The molecule has 1 heterocycles. The molecule has 1 aromatic heterocycles. The number of sulfonamides is 2. The third-order valence-electron chi connectivity index (χ3n) is 3.52. The molecule has 0 spiro atoms. The number of aromatic nitrogens is 2. The first-order valence-corrected chi connectivity index (χ1v) is 11.0. The summed E-state index contributed by atoms with van der Waals surface area (Å²) in [4.78, 5) is 0.198. The molecule has 25 heavy (non-hydrogen) atoms. The number of rotatable bonds is 8. The molecule has 0 saturated heterocycles. The number of benzene rings is 1. The summed E-state index contributed by atoms with van der Waals surface area (Å²) in [5.74, 6) is 0. The maximum atomic E-state index is 12.3. The summed E-state index contributed by atoms with van der Waals surface area (Å²) in [5.41, 5.74) is 2.45. The largest absolute Gasteiger partial charge is 0.284 e. The van der Waals surface area contributed by atoms with E-state index in [0.717, 1.165) is 11.8 Å². The van der Waals surface area contributed by atoms with Crippen LogP contribution in [0.5, 0.6) is 0 Å². The van der Waals surface area contributed by atoms with Crippen LogP contribution in [0.15, 0.2) is 29.2 Å². The molecule has 3 N–H and O–H groups in total. The predicted octanol–water partition coefficient (Wildman–Crippen LogP) is 1.31. The first-order valence-electron chi connectivity index (χ1n) is 7.66. The van der Waals surface area contributed by atoms with E-state index in [2.05, 4.69) is 19.6 Å². The second-order valence-corrected chi connectivity index (χ2v) is 9.29. The smallest absolute Gasteiger partial charge is 0.244 e. The van der Waals surface area contributed by atoms with E-state index in [1.165, 1.54) is 0 Å². The standard InChI is InChI=1S/C15H22N4O4S2/c1-11-15(12(2)18-17-11)25(22,23)16-10-4-5-13-6-8-14(9-7-13)19-24(3,20)21/h6-9,16,19H,4-5,10H2,1-3H3,(H,17,18). The van der Waals surface area contributed by atoms with Crippen molar-refractivity contribution in [3.63, 3.8) is 0 Å². The van der Waals surface area contributed by atoms with Gasteiger partial charge in [0.2, 0.25) is 20.0 Å². The molecule has 10 heteroatoms. The molecule has 0 fully saturated rings. The molecule has 8 nitrogen and oxygen atoms in total. The molecule has 0 saturated carbocycles. The van der Waals surface area contributed by atoms with Gasteiger partial charge in [-0.2, -0.15) is 5.10 Å². The summed E-state index contributed by atoms with van der Waals surface area (Å²) in [5, 5.41) is 6.56. The van der Waals surface area contributed by atoms with Gasteiger partial charge < -0.3 is 0 Å².